The van der Waals surface area contributed by atoms with E-state index in [9.17, 15) is 13.6 Å². The standard InChI is InChI=1S/C9H7F2NO2/c10-4-1-6(11)5-3-8(9(13)14)12-7(5)2-4/h1-2,8,12H,3H2,(H,13,14). The molecule has 3 nitrogen and oxygen atoms in total. The third kappa shape index (κ3) is 1.30. The Kier molecular flexibility index (Phi) is 1.87. The van der Waals surface area contributed by atoms with Gasteiger partial charge in [0.05, 0.1) is 0 Å². The van der Waals surface area contributed by atoms with Crippen LogP contribution in [0.25, 0.3) is 0 Å². The van der Waals surface area contributed by atoms with Crippen LogP contribution in [0.1, 0.15) is 5.56 Å². The Morgan fingerprint density at radius 3 is 2.86 bits per heavy atom. The number of halogens is 2. The van der Waals surface area contributed by atoms with E-state index in [0.29, 0.717) is 0 Å². The van der Waals surface area contributed by atoms with E-state index < -0.39 is 23.6 Å². The molecule has 74 valence electrons. The van der Waals surface area contributed by atoms with Gasteiger partial charge in [0, 0.05) is 23.7 Å². The number of carboxylic acids is 1. The molecule has 1 atom stereocenters. The molecule has 0 aromatic heterocycles. The zero-order chi connectivity index (χ0) is 10.3. The Morgan fingerprint density at radius 2 is 2.21 bits per heavy atom. The molecule has 14 heavy (non-hydrogen) atoms. The minimum Gasteiger partial charge on any atom is -0.480 e. The maximum atomic E-state index is 13.1. The van der Waals surface area contributed by atoms with Crippen molar-refractivity contribution in [2.75, 3.05) is 5.32 Å². The van der Waals surface area contributed by atoms with Gasteiger partial charge in [0.25, 0.3) is 0 Å². The monoisotopic (exact) mass is 199 g/mol. The number of hydrogen-bond donors (Lipinski definition) is 2. The van der Waals surface area contributed by atoms with Crippen molar-refractivity contribution in [1.29, 1.82) is 0 Å². The summed E-state index contributed by atoms with van der Waals surface area (Å²) in [5.41, 5.74) is 0.466. The molecule has 0 saturated carbocycles. The normalized spacial score (nSPS) is 18.9. The van der Waals surface area contributed by atoms with Gasteiger partial charge in [-0.15, -0.1) is 0 Å². The number of fused-ring (bicyclic) bond motifs is 1. The number of aliphatic carboxylic acids is 1. The van der Waals surface area contributed by atoms with Gasteiger partial charge in [-0.3, -0.25) is 0 Å². The fourth-order valence-corrected chi connectivity index (χ4v) is 1.53. The van der Waals surface area contributed by atoms with E-state index in [4.69, 9.17) is 5.11 Å². The molecule has 0 saturated heterocycles. The minimum absolute atomic E-state index is 0.0524. The SMILES string of the molecule is O=C(O)C1Cc2c(F)cc(F)cc2N1. The van der Waals surface area contributed by atoms with Crippen molar-refractivity contribution in [2.24, 2.45) is 0 Å². The molecule has 2 rings (SSSR count). The van der Waals surface area contributed by atoms with Crippen molar-refractivity contribution in [3.63, 3.8) is 0 Å². The summed E-state index contributed by atoms with van der Waals surface area (Å²) in [5.74, 6) is -2.47. The largest absolute Gasteiger partial charge is 0.480 e. The van der Waals surface area contributed by atoms with Crippen molar-refractivity contribution < 1.29 is 18.7 Å². The van der Waals surface area contributed by atoms with Crippen molar-refractivity contribution in [2.45, 2.75) is 12.5 Å². The van der Waals surface area contributed by atoms with E-state index >= 15 is 0 Å². The average Bonchev–Trinajstić information content (AvgIpc) is 2.47. The van der Waals surface area contributed by atoms with Crippen LogP contribution in [0.15, 0.2) is 12.1 Å². The number of hydrogen-bond acceptors (Lipinski definition) is 2. The van der Waals surface area contributed by atoms with Crippen molar-refractivity contribution in [3.05, 3.63) is 29.3 Å². The maximum absolute atomic E-state index is 13.1. The highest BCUT2D eigenvalue weighted by Crippen LogP contribution is 2.29. The molecule has 1 aliphatic rings. The predicted octanol–water partition coefficient (Wildman–Crippen LogP) is 1.39. The third-order valence-corrected chi connectivity index (χ3v) is 2.20. The average molecular weight is 199 g/mol. The first-order chi connectivity index (χ1) is 6.58. The van der Waals surface area contributed by atoms with Gasteiger partial charge in [-0.25, -0.2) is 13.6 Å². The second-order valence-corrected chi connectivity index (χ2v) is 3.15. The van der Waals surface area contributed by atoms with Crippen LogP contribution in [0.3, 0.4) is 0 Å². The summed E-state index contributed by atoms with van der Waals surface area (Å²) in [6.07, 6.45) is 0.0524. The first-order valence-electron chi connectivity index (χ1n) is 4.05. The van der Waals surface area contributed by atoms with Crippen LogP contribution in [0.5, 0.6) is 0 Å². The van der Waals surface area contributed by atoms with Gasteiger partial charge >= 0.3 is 5.97 Å². The molecule has 0 aliphatic carbocycles. The first kappa shape index (κ1) is 8.93. The summed E-state index contributed by atoms with van der Waals surface area (Å²) in [6.45, 7) is 0. The summed E-state index contributed by atoms with van der Waals surface area (Å²) in [5, 5.41) is 11.2. The lowest BCUT2D eigenvalue weighted by molar-refractivity contribution is -0.137. The van der Waals surface area contributed by atoms with Crippen LogP contribution in [-0.4, -0.2) is 17.1 Å². The topological polar surface area (TPSA) is 49.3 Å². The molecule has 0 spiro atoms. The molecular formula is C9H7F2NO2. The van der Waals surface area contributed by atoms with Crippen molar-refractivity contribution in [1.82, 2.24) is 0 Å². The second-order valence-electron chi connectivity index (χ2n) is 3.15. The van der Waals surface area contributed by atoms with Crippen LogP contribution in [0, 0.1) is 11.6 Å². The van der Waals surface area contributed by atoms with Crippen molar-refractivity contribution >= 4 is 11.7 Å². The van der Waals surface area contributed by atoms with E-state index in [-0.39, 0.29) is 17.7 Å². The molecule has 2 N–H and O–H groups in total. The number of carboxylic acid groups (broad SMARTS) is 1. The number of rotatable bonds is 1. The lowest BCUT2D eigenvalue weighted by Crippen LogP contribution is -2.26. The van der Waals surface area contributed by atoms with Crippen LogP contribution < -0.4 is 5.32 Å². The van der Waals surface area contributed by atoms with Gasteiger partial charge in [0.2, 0.25) is 0 Å². The molecule has 0 fully saturated rings. The molecule has 1 heterocycles. The quantitative estimate of drug-likeness (QED) is 0.718. The Morgan fingerprint density at radius 1 is 1.50 bits per heavy atom. The summed E-state index contributed by atoms with van der Waals surface area (Å²) >= 11 is 0. The lowest BCUT2D eigenvalue weighted by atomic mass is 10.1. The van der Waals surface area contributed by atoms with Gasteiger partial charge in [0.15, 0.2) is 0 Å². The van der Waals surface area contributed by atoms with E-state index in [0.717, 1.165) is 12.1 Å². The van der Waals surface area contributed by atoms with E-state index in [1.807, 2.05) is 0 Å². The van der Waals surface area contributed by atoms with Gasteiger partial charge in [-0.05, 0) is 6.07 Å². The van der Waals surface area contributed by atoms with Gasteiger partial charge in [-0.2, -0.15) is 0 Å². The summed E-state index contributed by atoms with van der Waals surface area (Å²) in [6, 6.07) is 0.993. The second kappa shape index (κ2) is 2.94. The van der Waals surface area contributed by atoms with Crippen LogP contribution in [-0.2, 0) is 11.2 Å². The molecule has 1 aromatic carbocycles. The molecule has 1 aromatic rings. The number of carbonyl (C=O) groups is 1. The van der Waals surface area contributed by atoms with Crippen molar-refractivity contribution in [3.8, 4) is 0 Å². The molecule has 1 aliphatic heterocycles. The Labute approximate surface area is 78.4 Å². The molecule has 0 radical (unpaired) electrons. The lowest BCUT2D eigenvalue weighted by Gasteiger charge is -2.03. The highest BCUT2D eigenvalue weighted by Gasteiger charge is 2.29. The first-order valence-corrected chi connectivity index (χ1v) is 4.05. The highest BCUT2D eigenvalue weighted by atomic mass is 19.1. The number of benzene rings is 1. The highest BCUT2D eigenvalue weighted by molar-refractivity contribution is 5.81. The minimum atomic E-state index is -1.07. The fraction of sp³-hybridized carbons (Fsp3) is 0.222. The Bertz CT molecular complexity index is 406. The summed E-state index contributed by atoms with van der Waals surface area (Å²) in [7, 11) is 0. The van der Waals surface area contributed by atoms with E-state index in [1.54, 1.807) is 0 Å². The molecule has 0 bridgehead atoms. The maximum Gasteiger partial charge on any atom is 0.326 e. The zero-order valence-corrected chi connectivity index (χ0v) is 7.05. The zero-order valence-electron chi connectivity index (χ0n) is 7.05. The molecule has 5 heteroatoms. The Hall–Kier alpha value is -1.65. The van der Waals surface area contributed by atoms with Crippen LogP contribution in [0.4, 0.5) is 14.5 Å². The fourth-order valence-electron chi connectivity index (χ4n) is 1.53. The van der Waals surface area contributed by atoms with E-state index in [2.05, 4.69) is 5.32 Å². The smallest absolute Gasteiger partial charge is 0.326 e. The van der Waals surface area contributed by atoms with Crippen LogP contribution >= 0.6 is 0 Å². The van der Waals surface area contributed by atoms with Crippen LogP contribution in [0.2, 0.25) is 0 Å². The van der Waals surface area contributed by atoms with Gasteiger partial charge in [-0.1, -0.05) is 0 Å². The summed E-state index contributed by atoms with van der Waals surface area (Å²) < 4.78 is 25.8. The summed E-state index contributed by atoms with van der Waals surface area (Å²) in [4.78, 5) is 10.6. The van der Waals surface area contributed by atoms with E-state index in [1.165, 1.54) is 0 Å². The number of nitrogens with one attached hydrogen (secondary N) is 1. The molecule has 0 amide bonds. The predicted molar refractivity (Wildman–Crippen MR) is 45.1 cm³/mol. The third-order valence-electron chi connectivity index (χ3n) is 2.20. The molecular weight excluding hydrogens is 192 g/mol. The number of anilines is 1. The van der Waals surface area contributed by atoms with Gasteiger partial charge < -0.3 is 10.4 Å². The molecule has 1 unspecified atom stereocenters. The van der Waals surface area contributed by atoms with Gasteiger partial charge in [0.1, 0.15) is 17.7 Å². The Balaban J connectivity index is 2.39.